The summed E-state index contributed by atoms with van der Waals surface area (Å²) < 4.78 is 18.9. The summed E-state index contributed by atoms with van der Waals surface area (Å²) in [5.74, 6) is 0.503. The van der Waals surface area contributed by atoms with E-state index in [1.807, 2.05) is 0 Å². The predicted molar refractivity (Wildman–Crippen MR) is 32.6 cm³/mol. The summed E-state index contributed by atoms with van der Waals surface area (Å²) in [4.78, 5) is 0. The summed E-state index contributed by atoms with van der Waals surface area (Å²) in [6.07, 6.45) is 2.02. The predicted octanol–water partition coefficient (Wildman–Crippen LogP) is 0.372. The highest BCUT2D eigenvalue weighted by Gasteiger charge is 2.10. The van der Waals surface area contributed by atoms with Gasteiger partial charge in [-0.25, -0.2) is 0 Å². The molecule has 1 rings (SSSR count). The molecule has 0 aliphatic carbocycles. The van der Waals surface area contributed by atoms with Crippen LogP contribution in [0.3, 0.4) is 0 Å². The molecule has 1 saturated heterocycles. The zero-order valence-electron chi connectivity index (χ0n) is 6.97. The molecule has 0 aromatic rings. The van der Waals surface area contributed by atoms with Crippen LogP contribution in [0.15, 0.2) is 0 Å². The van der Waals surface area contributed by atoms with Crippen LogP contribution in [-0.2, 0) is 4.74 Å². The van der Waals surface area contributed by atoms with Crippen molar-refractivity contribution in [1.29, 1.82) is 0 Å². The van der Waals surface area contributed by atoms with Gasteiger partial charge in [0.1, 0.15) is 2.82 Å². The lowest BCUT2D eigenvalue weighted by molar-refractivity contribution is 0.0688. The van der Waals surface area contributed by atoms with Crippen LogP contribution in [-0.4, -0.2) is 19.8 Å². The van der Waals surface area contributed by atoms with Crippen molar-refractivity contribution >= 4 is 0 Å². The van der Waals surface area contributed by atoms with Crippen LogP contribution in [0.1, 0.15) is 12.8 Å². The smallest absolute Gasteiger partial charge is 0.118 e. The fourth-order valence-electron chi connectivity index (χ4n) is 0.929. The van der Waals surface area contributed by atoms with Crippen molar-refractivity contribution in [3.8, 4) is 0 Å². The van der Waals surface area contributed by atoms with Crippen molar-refractivity contribution < 1.29 is 7.56 Å². The summed E-state index contributed by atoms with van der Waals surface area (Å²) in [7, 11) is 0. The molecular weight excluding hydrogens is 102 g/mol. The average molecular weight is 117 g/mol. The van der Waals surface area contributed by atoms with Crippen LogP contribution in [0.4, 0.5) is 0 Å². The molecule has 0 aromatic heterocycles. The Hall–Kier alpha value is -0.0800. The van der Waals surface area contributed by atoms with Crippen LogP contribution in [0.5, 0.6) is 0 Å². The Bertz CT molecular complexity index is 93.7. The molecule has 0 bridgehead atoms. The molecular formula is C6H13NO. The first-order valence-electron chi connectivity index (χ1n) is 4.01. The Labute approximate surface area is 52.9 Å². The monoisotopic (exact) mass is 117 g/mol. The molecule has 0 radical (unpaired) electrons. The van der Waals surface area contributed by atoms with Crippen molar-refractivity contribution in [1.82, 2.24) is 0 Å². The van der Waals surface area contributed by atoms with Crippen LogP contribution < -0.4 is 5.72 Å². The lowest BCUT2D eigenvalue weighted by Crippen LogP contribution is -2.22. The molecule has 0 aromatic carbocycles. The Morgan fingerprint density at radius 1 is 1.62 bits per heavy atom. The molecule has 2 nitrogen and oxygen atoms in total. The van der Waals surface area contributed by atoms with E-state index in [4.69, 9.17) is 7.56 Å². The van der Waals surface area contributed by atoms with Gasteiger partial charge in [0.2, 0.25) is 0 Å². The minimum absolute atomic E-state index is 0.503. The number of hydrogen-bond donors (Lipinski definition) is 1. The maximum Gasteiger partial charge on any atom is 0.118 e. The van der Waals surface area contributed by atoms with E-state index >= 15 is 0 Å². The summed E-state index contributed by atoms with van der Waals surface area (Å²) in [6.45, 7) is 2.17. The fourth-order valence-corrected chi connectivity index (χ4v) is 0.929. The zero-order chi connectivity index (χ0) is 7.40. The van der Waals surface area contributed by atoms with Gasteiger partial charge in [-0.3, -0.25) is 0 Å². The van der Waals surface area contributed by atoms with E-state index in [0.29, 0.717) is 12.5 Å². The minimum atomic E-state index is 0.503. The van der Waals surface area contributed by atoms with E-state index in [0.717, 1.165) is 31.8 Å². The Morgan fingerprint density at radius 2 is 2.38 bits per heavy atom. The van der Waals surface area contributed by atoms with Crippen LogP contribution in [0.25, 0.3) is 0 Å². The minimum Gasteiger partial charge on any atom is -0.381 e. The number of rotatable bonds is 2. The van der Waals surface area contributed by atoms with Crippen molar-refractivity contribution in [3.63, 3.8) is 0 Å². The Kier molecular flexibility index (Phi) is 1.47. The van der Waals surface area contributed by atoms with Gasteiger partial charge in [-0.15, -0.1) is 0 Å². The van der Waals surface area contributed by atoms with Crippen molar-refractivity contribution in [2.45, 2.75) is 12.8 Å². The number of hydrogen-bond acceptors (Lipinski definition) is 2. The van der Waals surface area contributed by atoms with Gasteiger partial charge < -0.3 is 10.5 Å². The Morgan fingerprint density at radius 3 is 3.00 bits per heavy atom. The van der Waals surface area contributed by atoms with Gasteiger partial charge in [-0.2, -0.15) is 0 Å². The summed E-state index contributed by atoms with van der Waals surface area (Å²) in [5, 5.41) is 0. The third-order valence-corrected chi connectivity index (χ3v) is 1.60. The third-order valence-electron chi connectivity index (χ3n) is 1.60. The van der Waals surface area contributed by atoms with Gasteiger partial charge in [0.15, 0.2) is 0 Å². The fraction of sp³-hybridized carbons (Fsp3) is 1.00. The number of ether oxygens (including phenoxy) is 1. The molecule has 8 heavy (non-hydrogen) atoms. The van der Waals surface area contributed by atoms with E-state index in [-0.39, 0.29) is 0 Å². The molecule has 1 aliphatic rings. The molecule has 2 N–H and O–H groups in total. The molecule has 1 aliphatic heterocycles. The molecule has 48 valence electrons. The quantitative estimate of drug-likeness (QED) is 0.567. The van der Waals surface area contributed by atoms with Gasteiger partial charge >= 0.3 is 0 Å². The largest absolute Gasteiger partial charge is 0.381 e. The van der Waals surface area contributed by atoms with Crippen molar-refractivity contribution in [3.05, 3.63) is 0 Å². The molecule has 0 amide bonds. The van der Waals surface area contributed by atoms with E-state index in [1.54, 1.807) is 0 Å². The van der Waals surface area contributed by atoms with Gasteiger partial charge in [0.05, 0.1) is 0 Å². The van der Waals surface area contributed by atoms with E-state index in [2.05, 4.69) is 0 Å². The first kappa shape index (κ1) is 3.85. The zero-order valence-corrected chi connectivity index (χ0v) is 4.97. The first-order valence-corrected chi connectivity index (χ1v) is 3.12. The highest BCUT2D eigenvalue weighted by molar-refractivity contribution is 4.62. The molecule has 0 spiro atoms. The maximum atomic E-state index is 6.87. The molecule has 0 saturated carbocycles. The van der Waals surface area contributed by atoms with Gasteiger partial charge in [0.25, 0.3) is 0 Å². The second kappa shape index (κ2) is 3.05. The second-order valence-corrected chi connectivity index (χ2v) is 2.24. The van der Waals surface area contributed by atoms with Crippen molar-refractivity contribution in [2.75, 3.05) is 19.8 Å². The highest BCUT2D eigenvalue weighted by Crippen LogP contribution is 2.11. The summed E-state index contributed by atoms with van der Waals surface area (Å²) >= 11 is 0. The first-order chi connectivity index (χ1) is 4.79. The molecule has 1 heterocycles. The van der Waals surface area contributed by atoms with Crippen LogP contribution >= 0.6 is 0 Å². The summed E-state index contributed by atoms with van der Waals surface area (Å²) in [6, 6.07) is 0. The maximum absolute atomic E-state index is 6.87. The topological polar surface area (TPSA) is 35.2 Å². The van der Waals surface area contributed by atoms with E-state index in [1.165, 1.54) is 0 Å². The standard InChI is InChI=1S/C6H13NO/c7-5-6-1-3-8-4-2-6/h6H,1-5,7H2/i/hD2. The SMILES string of the molecule is [2H]N([2H])CC1CCOCC1. The average Bonchev–Trinajstić information content (AvgIpc) is 1.88. The highest BCUT2D eigenvalue weighted by atomic mass is 16.5. The second-order valence-electron chi connectivity index (χ2n) is 2.24. The van der Waals surface area contributed by atoms with E-state index < -0.39 is 0 Å². The molecule has 1 fully saturated rings. The summed E-state index contributed by atoms with van der Waals surface area (Å²) in [5.41, 5.74) is 0.760. The normalized spacial score (nSPS) is 27.6. The lowest BCUT2D eigenvalue weighted by Gasteiger charge is -2.19. The Balaban J connectivity index is 2.13. The molecule has 2 heteroatoms. The van der Waals surface area contributed by atoms with Gasteiger partial charge in [0, 0.05) is 13.2 Å². The van der Waals surface area contributed by atoms with Crippen molar-refractivity contribution in [2.24, 2.45) is 11.6 Å². The third kappa shape index (κ3) is 1.46. The number of nitrogens with two attached hydrogens (primary N) is 1. The van der Waals surface area contributed by atoms with E-state index in [9.17, 15) is 0 Å². The van der Waals surface area contributed by atoms with Gasteiger partial charge in [-0.05, 0) is 25.3 Å². The lowest BCUT2D eigenvalue weighted by atomic mass is 10.0. The van der Waals surface area contributed by atoms with Gasteiger partial charge in [-0.1, -0.05) is 0 Å². The molecule has 0 atom stereocenters. The van der Waals surface area contributed by atoms with Crippen LogP contribution in [0, 0.1) is 5.92 Å². The molecule has 0 unspecified atom stereocenters. The van der Waals surface area contributed by atoms with Crippen LogP contribution in [0.2, 0.25) is 2.82 Å².